The van der Waals surface area contributed by atoms with E-state index in [1.165, 1.54) is 0 Å². The van der Waals surface area contributed by atoms with E-state index in [-0.39, 0.29) is 0 Å². The van der Waals surface area contributed by atoms with Crippen molar-refractivity contribution in [1.29, 1.82) is 0 Å². The normalized spacial score (nSPS) is 10.2. The van der Waals surface area contributed by atoms with Gasteiger partial charge in [-0.05, 0) is 18.2 Å². The van der Waals surface area contributed by atoms with Gasteiger partial charge < -0.3 is 9.80 Å². The number of carbonyl (C=O) groups is 2. The van der Waals surface area contributed by atoms with Crippen LogP contribution in [0.2, 0.25) is 0 Å². The largest absolute Gasteiger partial charge is 0.378 e. The molecule has 0 amide bonds. The first-order valence-corrected chi connectivity index (χ1v) is 7.04. The second-order valence-electron chi connectivity index (χ2n) is 5.51. The van der Waals surface area contributed by atoms with Crippen LogP contribution in [-0.4, -0.2) is 39.8 Å². The Kier molecular flexibility index (Phi) is 4.61. The van der Waals surface area contributed by atoms with Crippen LogP contribution < -0.4 is 9.80 Å². The molecule has 2 aromatic rings. The zero-order valence-electron chi connectivity index (χ0n) is 13.3. The van der Waals surface area contributed by atoms with Gasteiger partial charge in [0.15, 0.2) is 0 Å². The SMILES string of the molecule is CN(C)c1ccc(C(=O)C(=O)c2ccccc2)c(N(C)C)c1. The van der Waals surface area contributed by atoms with E-state index in [1.54, 1.807) is 30.3 Å². The minimum Gasteiger partial charge on any atom is -0.378 e. The van der Waals surface area contributed by atoms with E-state index >= 15 is 0 Å². The first kappa shape index (κ1) is 15.8. The molecule has 0 atom stereocenters. The van der Waals surface area contributed by atoms with Crippen molar-refractivity contribution in [2.24, 2.45) is 0 Å². The lowest BCUT2D eigenvalue weighted by atomic mass is 9.99. The van der Waals surface area contributed by atoms with Crippen LogP contribution in [0.25, 0.3) is 0 Å². The number of rotatable bonds is 5. The van der Waals surface area contributed by atoms with Crippen molar-refractivity contribution >= 4 is 22.9 Å². The summed E-state index contributed by atoms with van der Waals surface area (Å²) >= 11 is 0. The molecule has 0 bridgehead atoms. The summed E-state index contributed by atoms with van der Waals surface area (Å²) in [4.78, 5) is 28.7. The molecule has 4 heteroatoms. The molecule has 0 heterocycles. The highest BCUT2D eigenvalue weighted by Gasteiger charge is 2.22. The highest BCUT2D eigenvalue weighted by atomic mass is 16.2. The number of ketones is 2. The summed E-state index contributed by atoms with van der Waals surface area (Å²) in [6, 6.07) is 14.1. The van der Waals surface area contributed by atoms with E-state index < -0.39 is 11.6 Å². The Hall–Kier alpha value is -2.62. The van der Waals surface area contributed by atoms with Crippen LogP contribution in [0.1, 0.15) is 20.7 Å². The van der Waals surface area contributed by atoms with Gasteiger partial charge in [0, 0.05) is 50.7 Å². The van der Waals surface area contributed by atoms with Gasteiger partial charge in [0.25, 0.3) is 0 Å². The number of hydrogen-bond donors (Lipinski definition) is 0. The fourth-order valence-electron chi connectivity index (χ4n) is 2.20. The maximum Gasteiger partial charge on any atom is 0.235 e. The van der Waals surface area contributed by atoms with Crippen LogP contribution in [0.4, 0.5) is 11.4 Å². The summed E-state index contributed by atoms with van der Waals surface area (Å²) in [5.41, 5.74) is 2.55. The van der Waals surface area contributed by atoms with E-state index in [1.807, 2.05) is 56.2 Å². The molecule has 0 saturated heterocycles. The van der Waals surface area contributed by atoms with Crippen molar-refractivity contribution < 1.29 is 9.59 Å². The highest BCUT2D eigenvalue weighted by Crippen LogP contribution is 2.26. The van der Waals surface area contributed by atoms with E-state index in [9.17, 15) is 9.59 Å². The Morgan fingerprint density at radius 1 is 0.773 bits per heavy atom. The van der Waals surface area contributed by atoms with E-state index in [0.717, 1.165) is 11.4 Å². The van der Waals surface area contributed by atoms with Gasteiger partial charge in [0.2, 0.25) is 11.6 Å². The Bertz CT molecular complexity index is 691. The number of Topliss-reactive ketones (excluding diaryl/α,β-unsaturated/α-hetero) is 2. The molecule has 0 fully saturated rings. The second-order valence-corrected chi connectivity index (χ2v) is 5.51. The molecule has 0 N–H and O–H groups in total. The van der Waals surface area contributed by atoms with Crippen molar-refractivity contribution in [3.8, 4) is 0 Å². The van der Waals surface area contributed by atoms with Gasteiger partial charge >= 0.3 is 0 Å². The van der Waals surface area contributed by atoms with Crippen LogP contribution in [-0.2, 0) is 0 Å². The van der Waals surface area contributed by atoms with Crippen LogP contribution >= 0.6 is 0 Å². The molecule has 0 aliphatic heterocycles. The lowest BCUT2D eigenvalue weighted by molar-refractivity contribution is 0.0817. The van der Waals surface area contributed by atoms with Crippen LogP contribution in [0, 0.1) is 0 Å². The highest BCUT2D eigenvalue weighted by molar-refractivity contribution is 6.50. The average molecular weight is 296 g/mol. The topological polar surface area (TPSA) is 40.6 Å². The minimum atomic E-state index is -0.486. The fraction of sp³-hybridized carbons (Fsp3) is 0.222. The summed E-state index contributed by atoms with van der Waals surface area (Å²) in [7, 11) is 7.59. The van der Waals surface area contributed by atoms with Crippen molar-refractivity contribution in [3.63, 3.8) is 0 Å². The summed E-state index contributed by atoms with van der Waals surface area (Å²) in [5, 5.41) is 0. The molecule has 2 aromatic carbocycles. The first-order valence-electron chi connectivity index (χ1n) is 7.04. The summed E-state index contributed by atoms with van der Waals surface area (Å²) < 4.78 is 0. The molecule has 4 nitrogen and oxygen atoms in total. The summed E-state index contributed by atoms with van der Waals surface area (Å²) in [6.07, 6.45) is 0. The Labute approximate surface area is 131 Å². The van der Waals surface area contributed by atoms with Gasteiger partial charge in [-0.1, -0.05) is 30.3 Å². The van der Waals surface area contributed by atoms with Crippen molar-refractivity contribution in [3.05, 3.63) is 59.7 Å². The Morgan fingerprint density at radius 3 is 1.95 bits per heavy atom. The lowest BCUT2D eigenvalue weighted by Gasteiger charge is -2.20. The number of nitrogens with zero attached hydrogens (tertiary/aromatic N) is 2. The zero-order valence-corrected chi connectivity index (χ0v) is 13.3. The van der Waals surface area contributed by atoms with Gasteiger partial charge in [-0.2, -0.15) is 0 Å². The third-order valence-electron chi connectivity index (χ3n) is 3.47. The molecule has 22 heavy (non-hydrogen) atoms. The molecule has 0 aromatic heterocycles. The molecule has 114 valence electrons. The molecule has 0 unspecified atom stereocenters. The lowest BCUT2D eigenvalue weighted by Crippen LogP contribution is -2.20. The molecule has 0 saturated carbocycles. The predicted molar refractivity (Wildman–Crippen MR) is 90.2 cm³/mol. The maximum absolute atomic E-state index is 12.6. The maximum atomic E-state index is 12.6. The molecule has 0 spiro atoms. The van der Waals surface area contributed by atoms with Gasteiger partial charge in [-0.15, -0.1) is 0 Å². The number of hydrogen-bond acceptors (Lipinski definition) is 4. The van der Waals surface area contributed by atoms with Crippen LogP contribution in [0.3, 0.4) is 0 Å². The molecular weight excluding hydrogens is 276 g/mol. The van der Waals surface area contributed by atoms with E-state index in [0.29, 0.717) is 11.1 Å². The van der Waals surface area contributed by atoms with Crippen LogP contribution in [0.5, 0.6) is 0 Å². The quantitative estimate of drug-likeness (QED) is 0.628. The Balaban J connectivity index is 2.43. The number of benzene rings is 2. The second kappa shape index (κ2) is 6.43. The monoisotopic (exact) mass is 296 g/mol. The van der Waals surface area contributed by atoms with Gasteiger partial charge in [0.05, 0.1) is 0 Å². The van der Waals surface area contributed by atoms with Crippen molar-refractivity contribution in [2.45, 2.75) is 0 Å². The van der Waals surface area contributed by atoms with Gasteiger partial charge in [0.1, 0.15) is 0 Å². The molecule has 0 radical (unpaired) electrons. The summed E-state index contributed by atoms with van der Waals surface area (Å²) in [6.45, 7) is 0. The van der Waals surface area contributed by atoms with Gasteiger partial charge in [-0.25, -0.2) is 0 Å². The fourth-order valence-corrected chi connectivity index (χ4v) is 2.20. The average Bonchev–Trinajstić information content (AvgIpc) is 2.53. The van der Waals surface area contributed by atoms with E-state index in [4.69, 9.17) is 0 Å². The predicted octanol–water partition coefficient (Wildman–Crippen LogP) is 2.88. The molecule has 0 aliphatic carbocycles. The molecular formula is C18H20N2O2. The van der Waals surface area contributed by atoms with E-state index in [2.05, 4.69) is 0 Å². The minimum absolute atomic E-state index is 0.411. The van der Waals surface area contributed by atoms with Crippen LogP contribution in [0.15, 0.2) is 48.5 Å². The number of anilines is 2. The zero-order chi connectivity index (χ0) is 16.3. The third kappa shape index (κ3) is 3.17. The third-order valence-corrected chi connectivity index (χ3v) is 3.47. The standard InChI is InChI=1S/C18H20N2O2/c1-19(2)14-10-11-15(16(12-14)20(3)4)18(22)17(21)13-8-6-5-7-9-13/h5-12H,1-4H3. The molecule has 0 aliphatic rings. The van der Waals surface area contributed by atoms with Gasteiger partial charge in [-0.3, -0.25) is 9.59 Å². The molecule has 2 rings (SSSR count). The van der Waals surface area contributed by atoms with Crippen molar-refractivity contribution in [1.82, 2.24) is 0 Å². The Morgan fingerprint density at radius 2 is 1.41 bits per heavy atom. The smallest absolute Gasteiger partial charge is 0.235 e. The first-order chi connectivity index (χ1) is 10.4. The summed E-state index contributed by atoms with van der Waals surface area (Å²) in [5.74, 6) is -0.971. The number of carbonyl (C=O) groups excluding carboxylic acids is 2. The van der Waals surface area contributed by atoms with Crippen molar-refractivity contribution in [2.75, 3.05) is 38.0 Å².